The largest absolute Gasteiger partial charge is 0.337 e. The number of hydrogen-bond acceptors (Lipinski definition) is 4. The van der Waals surface area contributed by atoms with Gasteiger partial charge in [0, 0.05) is 10.7 Å². The topological polar surface area (TPSA) is 85.2 Å². The van der Waals surface area contributed by atoms with E-state index in [1.165, 1.54) is 0 Å². The smallest absolute Gasteiger partial charge is 0.238 e. The molecule has 2 amide bonds. The van der Waals surface area contributed by atoms with Gasteiger partial charge in [0.05, 0.1) is 19.2 Å². The molecule has 0 saturated carbocycles. The second-order valence-corrected chi connectivity index (χ2v) is 6.68. The highest BCUT2D eigenvalue weighted by molar-refractivity contribution is 6.30. The van der Waals surface area contributed by atoms with Gasteiger partial charge in [0.1, 0.15) is 5.54 Å². The maximum Gasteiger partial charge on any atom is 0.238 e. The van der Waals surface area contributed by atoms with Gasteiger partial charge in [-0.05, 0) is 38.1 Å². The summed E-state index contributed by atoms with van der Waals surface area (Å²) in [7, 11) is 1.66. The molecule has 1 rings (SSSR count). The molecule has 0 aliphatic carbocycles. The van der Waals surface area contributed by atoms with Crippen LogP contribution in [0.25, 0.3) is 0 Å². The zero-order chi connectivity index (χ0) is 18.3. The molecular formula is C17H23ClN4O2. The van der Waals surface area contributed by atoms with Crippen LogP contribution in [0.3, 0.4) is 0 Å². The highest BCUT2D eigenvalue weighted by Crippen LogP contribution is 2.15. The van der Waals surface area contributed by atoms with Crippen LogP contribution in [0.5, 0.6) is 0 Å². The minimum atomic E-state index is -0.930. The van der Waals surface area contributed by atoms with Crippen LogP contribution in [0.2, 0.25) is 5.02 Å². The maximum absolute atomic E-state index is 12.1. The summed E-state index contributed by atoms with van der Waals surface area (Å²) in [6, 6.07) is 8.95. The van der Waals surface area contributed by atoms with E-state index in [4.69, 9.17) is 11.6 Å². The fourth-order valence-electron chi connectivity index (χ4n) is 1.94. The number of carbonyl (C=O) groups excluding carboxylic acids is 2. The predicted octanol–water partition coefficient (Wildman–Crippen LogP) is 2.26. The fraction of sp³-hybridized carbons (Fsp3) is 0.471. The van der Waals surface area contributed by atoms with Gasteiger partial charge in [-0.3, -0.25) is 14.5 Å². The van der Waals surface area contributed by atoms with E-state index >= 15 is 0 Å². The Labute approximate surface area is 147 Å². The molecule has 1 unspecified atom stereocenters. The number of likely N-dealkylation sites (N-methyl/N-ethyl adjacent to an activating group) is 1. The fourth-order valence-corrected chi connectivity index (χ4v) is 2.13. The molecule has 2 N–H and O–H groups in total. The lowest BCUT2D eigenvalue weighted by atomic mass is 9.90. The minimum absolute atomic E-state index is 0.0208. The number of nitriles is 1. The van der Waals surface area contributed by atoms with Crippen LogP contribution < -0.4 is 10.6 Å². The van der Waals surface area contributed by atoms with Crippen LogP contribution in [0.1, 0.15) is 20.8 Å². The monoisotopic (exact) mass is 350 g/mol. The van der Waals surface area contributed by atoms with Crippen LogP contribution in [0.4, 0.5) is 5.69 Å². The van der Waals surface area contributed by atoms with Crippen molar-refractivity contribution >= 4 is 29.1 Å². The Hall–Kier alpha value is -2.10. The Morgan fingerprint density at radius 3 is 2.50 bits per heavy atom. The molecule has 0 spiro atoms. The molecule has 0 saturated heterocycles. The molecule has 1 aromatic rings. The minimum Gasteiger partial charge on any atom is -0.337 e. The average Bonchev–Trinajstić information content (AvgIpc) is 2.46. The van der Waals surface area contributed by atoms with Crippen LogP contribution in [0.15, 0.2) is 24.3 Å². The summed E-state index contributed by atoms with van der Waals surface area (Å²) in [5.74, 6) is -0.576. The lowest BCUT2D eigenvalue weighted by Gasteiger charge is -2.28. The molecule has 0 aliphatic heterocycles. The Bertz CT molecular complexity index is 642. The molecule has 1 atom stereocenters. The van der Waals surface area contributed by atoms with E-state index in [1.54, 1.807) is 43.1 Å². The molecule has 0 fully saturated rings. The molecule has 0 bridgehead atoms. The van der Waals surface area contributed by atoms with Crippen molar-refractivity contribution in [3.63, 3.8) is 0 Å². The van der Waals surface area contributed by atoms with Crippen LogP contribution in [-0.4, -0.2) is 42.4 Å². The standard InChI is InChI=1S/C17H23ClN4O2/c1-12(2)17(3,11-19)21-16(24)10-22(4)9-15(23)20-14-7-5-6-13(18)8-14/h5-8,12H,9-10H2,1-4H3,(H,20,23)(H,21,24). The van der Waals surface area contributed by atoms with Gasteiger partial charge in [-0.2, -0.15) is 5.26 Å². The third-order valence-electron chi connectivity index (χ3n) is 3.72. The van der Waals surface area contributed by atoms with E-state index in [9.17, 15) is 14.9 Å². The number of anilines is 1. The summed E-state index contributed by atoms with van der Waals surface area (Å²) in [5.41, 5.74) is -0.330. The molecular weight excluding hydrogens is 328 g/mol. The number of nitrogens with one attached hydrogen (secondary N) is 2. The molecule has 6 nitrogen and oxygen atoms in total. The van der Waals surface area contributed by atoms with E-state index in [2.05, 4.69) is 16.7 Å². The first-order valence-corrected chi connectivity index (χ1v) is 8.00. The SMILES string of the molecule is CC(C)C(C)(C#N)NC(=O)CN(C)CC(=O)Nc1cccc(Cl)c1. The van der Waals surface area contributed by atoms with Gasteiger partial charge in [0.15, 0.2) is 0 Å². The molecule has 1 aromatic carbocycles. The summed E-state index contributed by atoms with van der Waals surface area (Å²) in [4.78, 5) is 25.6. The van der Waals surface area contributed by atoms with Gasteiger partial charge in [0.2, 0.25) is 11.8 Å². The third kappa shape index (κ3) is 6.19. The van der Waals surface area contributed by atoms with Gasteiger partial charge < -0.3 is 10.6 Å². The molecule has 0 aromatic heterocycles. The second-order valence-electron chi connectivity index (χ2n) is 6.25. The van der Waals surface area contributed by atoms with Crippen LogP contribution in [-0.2, 0) is 9.59 Å². The summed E-state index contributed by atoms with van der Waals surface area (Å²) in [6.07, 6.45) is 0. The number of hydrogen-bond donors (Lipinski definition) is 2. The number of carbonyl (C=O) groups is 2. The van der Waals surface area contributed by atoms with Crippen molar-refractivity contribution in [3.8, 4) is 6.07 Å². The molecule has 130 valence electrons. The van der Waals surface area contributed by atoms with Crippen molar-refractivity contribution in [2.45, 2.75) is 26.3 Å². The van der Waals surface area contributed by atoms with Crippen LogP contribution >= 0.6 is 11.6 Å². The Morgan fingerprint density at radius 1 is 1.33 bits per heavy atom. The number of halogens is 1. The Kier molecular flexibility index (Phi) is 7.20. The van der Waals surface area contributed by atoms with Gasteiger partial charge in [0.25, 0.3) is 0 Å². The van der Waals surface area contributed by atoms with Crippen molar-refractivity contribution < 1.29 is 9.59 Å². The number of nitrogens with zero attached hydrogens (tertiary/aromatic N) is 2. The summed E-state index contributed by atoms with van der Waals surface area (Å²) >= 11 is 5.86. The molecule has 7 heteroatoms. The van der Waals surface area contributed by atoms with Crippen molar-refractivity contribution in [2.24, 2.45) is 5.92 Å². The first-order chi connectivity index (χ1) is 11.2. The highest BCUT2D eigenvalue weighted by atomic mass is 35.5. The van der Waals surface area contributed by atoms with E-state index in [0.29, 0.717) is 10.7 Å². The van der Waals surface area contributed by atoms with Crippen molar-refractivity contribution in [1.82, 2.24) is 10.2 Å². The van der Waals surface area contributed by atoms with Crippen molar-refractivity contribution in [3.05, 3.63) is 29.3 Å². The Morgan fingerprint density at radius 2 is 1.96 bits per heavy atom. The lowest BCUT2D eigenvalue weighted by molar-refractivity contribution is -0.124. The average molecular weight is 351 g/mol. The molecule has 24 heavy (non-hydrogen) atoms. The molecule has 0 aliphatic rings. The van der Waals surface area contributed by atoms with Gasteiger partial charge >= 0.3 is 0 Å². The third-order valence-corrected chi connectivity index (χ3v) is 3.96. The summed E-state index contributed by atoms with van der Waals surface area (Å²) < 4.78 is 0. The number of amides is 2. The Balaban J connectivity index is 2.50. The quantitative estimate of drug-likeness (QED) is 0.790. The zero-order valence-corrected chi connectivity index (χ0v) is 15.1. The van der Waals surface area contributed by atoms with E-state index in [-0.39, 0.29) is 30.8 Å². The zero-order valence-electron chi connectivity index (χ0n) is 14.4. The first kappa shape index (κ1) is 19.9. The summed E-state index contributed by atoms with van der Waals surface area (Å²) in [6.45, 7) is 5.48. The van der Waals surface area contributed by atoms with E-state index in [1.807, 2.05) is 13.8 Å². The number of benzene rings is 1. The van der Waals surface area contributed by atoms with Crippen LogP contribution in [0, 0.1) is 17.2 Å². The van der Waals surface area contributed by atoms with Crippen molar-refractivity contribution in [2.75, 3.05) is 25.5 Å². The van der Waals surface area contributed by atoms with Gasteiger partial charge in [-0.15, -0.1) is 0 Å². The first-order valence-electron chi connectivity index (χ1n) is 7.62. The number of rotatable bonds is 7. The molecule has 0 radical (unpaired) electrons. The van der Waals surface area contributed by atoms with E-state index < -0.39 is 5.54 Å². The van der Waals surface area contributed by atoms with Gasteiger partial charge in [-0.25, -0.2) is 0 Å². The normalized spacial score (nSPS) is 13.2. The summed E-state index contributed by atoms with van der Waals surface area (Å²) in [5, 5.41) is 15.2. The van der Waals surface area contributed by atoms with Gasteiger partial charge in [-0.1, -0.05) is 31.5 Å². The maximum atomic E-state index is 12.1. The highest BCUT2D eigenvalue weighted by Gasteiger charge is 2.30. The molecule has 0 heterocycles. The lowest BCUT2D eigenvalue weighted by Crippen LogP contribution is -2.51. The second kappa shape index (κ2) is 8.67. The predicted molar refractivity (Wildman–Crippen MR) is 94.6 cm³/mol. The van der Waals surface area contributed by atoms with Crippen molar-refractivity contribution in [1.29, 1.82) is 5.26 Å². The van der Waals surface area contributed by atoms with E-state index in [0.717, 1.165) is 0 Å².